The lowest BCUT2D eigenvalue weighted by molar-refractivity contribution is 0.0974. The van der Waals surface area contributed by atoms with Gasteiger partial charge in [0.05, 0.1) is 22.9 Å². The normalized spacial score (nSPS) is 15.4. The topological polar surface area (TPSA) is 60.4 Å². The molecule has 0 radical (unpaired) electrons. The summed E-state index contributed by atoms with van der Waals surface area (Å²) in [5, 5.41) is 0. The van der Waals surface area contributed by atoms with Crippen molar-refractivity contribution < 1.29 is 9.15 Å². The number of nitrogens with two attached hydrogens (primary N) is 1. The lowest BCUT2D eigenvalue weighted by atomic mass is 10.1. The monoisotopic (exact) mass is 262 g/mol. The van der Waals surface area contributed by atoms with Crippen LogP contribution in [0.5, 0.6) is 0 Å². The summed E-state index contributed by atoms with van der Waals surface area (Å²) in [6.07, 6.45) is 2.52. The average molecular weight is 263 g/mol. The Bertz CT molecular complexity index is 278. The Balaban J connectivity index is 2.67. The predicted molar refractivity (Wildman–Crippen MR) is 57.6 cm³/mol. The number of rotatable bonds is 5. The second-order valence-corrected chi connectivity index (χ2v) is 3.99. The van der Waals surface area contributed by atoms with E-state index in [1.807, 2.05) is 13.0 Å². The number of ether oxygens (including phenoxy) is 1. The lowest BCUT2D eigenvalue weighted by Crippen LogP contribution is -2.30. The molecule has 5 heteroatoms. The maximum absolute atomic E-state index is 5.45. The molecule has 1 heterocycles. The molecule has 2 unspecified atom stereocenters. The summed E-state index contributed by atoms with van der Waals surface area (Å²) in [6, 6.07) is 1.81. The molecule has 0 aromatic carbocycles. The van der Waals surface area contributed by atoms with Gasteiger partial charge in [0.2, 0.25) is 0 Å². The maximum Gasteiger partial charge on any atom is 0.136 e. The molecule has 0 fully saturated rings. The molecule has 2 atom stereocenters. The molecule has 0 saturated carbocycles. The molecule has 0 bridgehead atoms. The van der Waals surface area contributed by atoms with Crippen molar-refractivity contribution in [2.45, 2.75) is 25.5 Å². The predicted octanol–water partition coefficient (Wildman–Crippen LogP) is 1.97. The molecule has 0 saturated heterocycles. The van der Waals surface area contributed by atoms with Crippen LogP contribution in [0.3, 0.4) is 0 Å². The van der Waals surface area contributed by atoms with E-state index in [4.69, 9.17) is 15.0 Å². The summed E-state index contributed by atoms with van der Waals surface area (Å²) in [5.74, 6) is 6.25. The van der Waals surface area contributed by atoms with Crippen molar-refractivity contribution in [1.29, 1.82) is 0 Å². The highest BCUT2D eigenvalue weighted by molar-refractivity contribution is 9.10. The van der Waals surface area contributed by atoms with Gasteiger partial charge in [-0.15, -0.1) is 0 Å². The molecule has 3 N–H and O–H groups in total. The third-order valence-electron chi connectivity index (χ3n) is 2.13. The van der Waals surface area contributed by atoms with Crippen molar-refractivity contribution >= 4 is 15.9 Å². The van der Waals surface area contributed by atoms with Gasteiger partial charge in [0.1, 0.15) is 5.76 Å². The minimum atomic E-state index is -0.0330. The first-order valence-corrected chi connectivity index (χ1v) is 5.20. The Hall–Kier alpha value is -0.360. The van der Waals surface area contributed by atoms with Crippen LogP contribution in [-0.4, -0.2) is 13.2 Å². The summed E-state index contributed by atoms with van der Waals surface area (Å²) in [5.41, 5.74) is 2.71. The zero-order valence-electron chi connectivity index (χ0n) is 8.29. The van der Waals surface area contributed by atoms with Crippen LogP contribution in [0.25, 0.3) is 0 Å². The SMILES string of the molecule is COC(C)CC(NN)c1occc1Br. The number of hydrazine groups is 1. The fraction of sp³-hybridized carbons (Fsp3) is 0.556. The third kappa shape index (κ3) is 2.81. The highest BCUT2D eigenvalue weighted by Crippen LogP contribution is 2.27. The highest BCUT2D eigenvalue weighted by atomic mass is 79.9. The molecule has 1 rings (SSSR count). The van der Waals surface area contributed by atoms with Gasteiger partial charge < -0.3 is 9.15 Å². The molecule has 0 aliphatic carbocycles. The first-order chi connectivity index (χ1) is 6.69. The van der Waals surface area contributed by atoms with Crippen LogP contribution < -0.4 is 11.3 Å². The zero-order valence-corrected chi connectivity index (χ0v) is 9.87. The van der Waals surface area contributed by atoms with Crippen molar-refractivity contribution in [3.8, 4) is 0 Å². The quantitative estimate of drug-likeness (QED) is 0.629. The molecule has 1 aromatic rings. The molecule has 0 aliphatic heterocycles. The summed E-state index contributed by atoms with van der Waals surface area (Å²) in [4.78, 5) is 0. The number of hydrogen-bond donors (Lipinski definition) is 2. The third-order valence-corrected chi connectivity index (χ3v) is 2.79. The Morgan fingerprint density at radius 3 is 2.86 bits per heavy atom. The van der Waals surface area contributed by atoms with Gasteiger partial charge in [-0.1, -0.05) is 0 Å². The molecule has 0 spiro atoms. The molecular weight excluding hydrogens is 248 g/mol. The summed E-state index contributed by atoms with van der Waals surface area (Å²) in [6.45, 7) is 1.99. The van der Waals surface area contributed by atoms with Gasteiger partial charge >= 0.3 is 0 Å². The van der Waals surface area contributed by atoms with E-state index in [0.717, 1.165) is 16.7 Å². The fourth-order valence-corrected chi connectivity index (χ4v) is 1.71. The second kappa shape index (κ2) is 5.50. The van der Waals surface area contributed by atoms with Crippen LogP contribution in [0.15, 0.2) is 21.2 Å². The maximum atomic E-state index is 5.45. The molecule has 4 nitrogen and oxygen atoms in total. The van der Waals surface area contributed by atoms with E-state index in [1.54, 1.807) is 13.4 Å². The second-order valence-electron chi connectivity index (χ2n) is 3.13. The largest absolute Gasteiger partial charge is 0.466 e. The van der Waals surface area contributed by atoms with E-state index in [0.29, 0.717) is 0 Å². The number of hydrogen-bond acceptors (Lipinski definition) is 4. The molecule has 1 aromatic heterocycles. The van der Waals surface area contributed by atoms with E-state index < -0.39 is 0 Å². The number of furan rings is 1. The van der Waals surface area contributed by atoms with Crippen LogP contribution >= 0.6 is 15.9 Å². The number of halogens is 1. The van der Waals surface area contributed by atoms with Crippen LogP contribution in [-0.2, 0) is 4.74 Å². The van der Waals surface area contributed by atoms with E-state index in [-0.39, 0.29) is 12.1 Å². The van der Waals surface area contributed by atoms with Crippen molar-refractivity contribution in [3.63, 3.8) is 0 Å². The first kappa shape index (κ1) is 11.7. The van der Waals surface area contributed by atoms with E-state index in [9.17, 15) is 0 Å². The Labute approximate surface area is 91.9 Å². The van der Waals surface area contributed by atoms with E-state index >= 15 is 0 Å². The Morgan fingerprint density at radius 2 is 2.43 bits per heavy atom. The first-order valence-electron chi connectivity index (χ1n) is 4.40. The molecular formula is C9H15BrN2O2. The van der Waals surface area contributed by atoms with Crippen LogP contribution in [0.2, 0.25) is 0 Å². The summed E-state index contributed by atoms with van der Waals surface area (Å²) >= 11 is 3.39. The molecule has 80 valence electrons. The minimum Gasteiger partial charge on any atom is -0.466 e. The lowest BCUT2D eigenvalue weighted by Gasteiger charge is -2.17. The summed E-state index contributed by atoms with van der Waals surface area (Å²) < 4.78 is 11.4. The zero-order chi connectivity index (χ0) is 10.6. The van der Waals surface area contributed by atoms with E-state index in [1.165, 1.54) is 0 Å². The van der Waals surface area contributed by atoms with Crippen LogP contribution in [0.1, 0.15) is 25.1 Å². The fourth-order valence-electron chi connectivity index (χ4n) is 1.23. The molecule has 0 amide bonds. The number of nitrogens with one attached hydrogen (secondary N) is 1. The smallest absolute Gasteiger partial charge is 0.136 e. The van der Waals surface area contributed by atoms with Gasteiger partial charge in [0.25, 0.3) is 0 Å². The molecule has 0 aliphatic rings. The number of methoxy groups -OCH3 is 1. The Kier molecular flexibility index (Phi) is 4.60. The van der Waals surface area contributed by atoms with Gasteiger partial charge in [-0.3, -0.25) is 5.84 Å². The summed E-state index contributed by atoms with van der Waals surface area (Å²) in [7, 11) is 1.68. The Morgan fingerprint density at radius 1 is 1.71 bits per heavy atom. The van der Waals surface area contributed by atoms with Crippen molar-refractivity contribution in [1.82, 2.24) is 5.43 Å². The highest BCUT2D eigenvalue weighted by Gasteiger charge is 2.18. The van der Waals surface area contributed by atoms with Crippen molar-refractivity contribution in [3.05, 3.63) is 22.6 Å². The van der Waals surface area contributed by atoms with Gasteiger partial charge in [-0.25, -0.2) is 5.43 Å². The minimum absolute atomic E-state index is 0.0330. The average Bonchev–Trinajstić information content (AvgIpc) is 2.60. The van der Waals surface area contributed by atoms with Gasteiger partial charge in [-0.05, 0) is 35.3 Å². The van der Waals surface area contributed by atoms with Gasteiger partial charge in [-0.2, -0.15) is 0 Å². The van der Waals surface area contributed by atoms with Gasteiger partial charge in [0, 0.05) is 7.11 Å². The molecule has 14 heavy (non-hydrogen) atoms. The van der Waals surface area contributed by atoms with Crippen molar-refractivity contribution in [2.24, 2.45) is 5.84 Å². The standard InChI is InChI=1S/C9H15BrN2O2/c1-6(13-2)5-8(12-11)9-7(10)3-4-14-9/h3-4,6,8,12H,5,11H2,1-2H3. The van der Waals surface area contributed by atoms with Crippen LogP contribution in [0.4, 0.5) is 0 Å². The van der Waals surface area contributed by atoms with Crippen LogP contribution in [0, 0.1) is 0 Å². The van der Waals surface area contributed by atoms with E-state index in [2.05, 4.69) is 21.4 Å². The van der Waals surface area contributed by atoms with Gasteiger partial charge in [0.15, 0.2) is 0 Å². The van der Waals surface area contributed by atoms with Crippen molar-refractivity contribution in [2.75, 3.05) is 7.11 Å².